The molecule has 1 aliphatic carbocycles. The molecule has 1 aromatic rings. The minimum atomic E-state index is -4.42. The van der Waals surface area contributed by atoms with Crippen LogP contribution in [0, 0.1) is 0 Å². The lowest BCUT2D eigenvalue weighted by Crippen LogP contribution is -2.47. The van der Waals surface area contributed by atoms with Crippen molar-refractivity contribution in [1.29, 1.82) is 0 Å². The molecule has 0 saturated heterocycles. The van der Waals surface area contributed by atoms with E-state index < -0.39 is 17.8 Å². The SMILES string of the molecule is O=C(NC1(C(F)(F)F)CC1)OCc1ccccc1. The van der Waals surface area contributed by atoms with E-state index in [1.165, 1.54) is 0 Å². The van der Waals surface area contributed by atoms with Crippen LogP contribution in [-0.4, -0.2) is 17.8 Å². The van der Waals surface area contributed by atoms with Crippen LogP contribution in [0.15, 0.2) is 30.3 Å². The number of hydrogen-bond donors (Lipinski definition) is 1. The molecule has 0 radical (unpaired) electrons. The second-order valence-corrected chi connectivity index (χ2v) is 4.27. The summed E-state index contributed by atoms with van der Waals surface area (Å²) in [5.41, 5.74) is -1.34. The predicted molar refractivity (Wildman–Crippen MR) is 57.8 cm³/mol. The Bertz CT molecular complexity index is 427. The van der Waals surface area contributed by atoms with Gasteiger partial charge in [0.25, 0.3) is 0 Å². The molecule has 0 heterocycles. The lowest BCUT2D eigenvalue weighted by atomic mass is 10.2. The number of alkyl halides is 3. The van der Waals surface area contributed by atoms with E-state index in [2.05, 4.69) is 0 Å². The summed E-state index contributed by atoms with van der Waals surface area (Å²) in [6, 6.07) is 8.77. The van der Waals surface area contributed by atoms with E-state index in [1.54, 1.807) is 30.3 Å². The smallest absolute Gasteiger partial charge is 0.411 e. The first-order chi connectivity index (χ1) is 8.43. The highest BCUT2D eigenvalue weighted by molar-refractivity contribution is 5.69. The van der Waals surface area contributed by atoms with E-state index in [1.807, 2.05) is 5.32 Å². The van der Waals surface area contributed by atoms with Gasteiger partial charge in [-0.25, -0.2) is 4.79 Å². The average molecular weight is 259 g/mol. The molecule has 1 amide bonds. The molecule has 1 N–H and O–H groups in total. The molecule has 6 heteroatoms. The lowest BCUT2D eigenvalue weighted by molar-refractivity contribution is -0.164. The van der Waals surface area contributed by atoms with Gasteiger partial charge in [-0.3, -0.25) is 0 Å². The zero-order valence-electron chi connectivity index (χ0n) is 9.46. The first-order valence-electron chi connectivity index (χ1n) is 5.49. The average Bonchev–Trinajstić information content (AvgIpc) is 3.08. The molecule has 3 nitrogen and oxygen atoms in total. The van der Waals surface area contributed by atoms with E-state index in [0.29, 0.717) is 0 Å². The summed E-state index contributed by atoms with van der Waals surface area (Å²) in [5.74, 6) is 0. The lowest BCUT2D eigenvalue weighted by Gasteiger charge is -2.20. The van der Waals surface area contributed by atoms with Crippen LogP contribution in [-0.2, 0) is 11.3 Å². The number of halogens is 3. The number of carbonyl (C=O) groups is 1. The molecule has 18 heavy (non-hydrogen) atoms. The Labute approximate surface area is 102 Å². The molecule has 0 aliphatic heterocycles. The first kappa shape index (κ1) is 12.7. The summed E-state index contributed by atoms with van der Waals surface area (Å²) in [5, 5.41) is 1.89. The highest BCUT2D eigenvalue weighted by Gasteiger charge is 2.64. The standard InChI is InChI=1S/C12H12F3NO2/c13-12(14,15)11(6-7-11)16-10(17)18-8-9-4-2-1-3-5-9/h1-5H,6-8H2,(H,16,17). The Morgan fingerprint density at radius 3 is 2.39 bits per heavy atom. The van der Waals surface area contributed by atoms with Crippen molar-refractivity contribution in [3.05, 3.63) is 35.9 Å². The van der Waals surface area contributed by atoms with Gasteiger partial charge < -0.3 is 10.1 Å². The summed E-state index contributed by atoms with van der Waals surface area (Å²) in [6.45, 7) is -0.0411. The van der Waals surface area contributed by atoms with Crippen LogP contribution >= 0.6 is 0 Å². The number of carbonyl (C=O) groups excluding carboxylic acids is 1. The van der Waals surface area contributed by atoms with Gasteiger partial charge in [-0.2, -0.15) is 13.2 Å². The predicted octanol–water partition coefficient (Wildman–Crippen LogP) is 3.01. The van der Waals surface area contributed by atoms with Crippen LogP contribution in [0.2, 0.25) is 0 Å². The topological polar surface area (TPSA) is 38.3 Å². The molecule has 1 aromatic carbocycles. The Hall–Kier alpha value is -1.72. The van der Waals surface area contributed by atoms with Crippen LogP contribution in [0.3, 0.4) is 0 Å². The summed E-state index contributed by atoms with van der Waals surface area (Å²) in [4.78, 5) is 11.3. The fraction of sp³-hybridized carbons (Fsp3) is 0.417. The summed E-state index contributed by atoms with van der Waals surface area (Å²) >= 11 is 0. The molecule has 0 atom stereocenters. The van der Waals surface area contributed by atoms with Crippen LogP contribution in [0.5, 0.6) is 0 Å². The monoisotopic (exact) mass is 259 g/mol. The molecule has 98 valence electrons. The largest absolute Gasteiger partial charge is 0.445 e. The van der Waals surface area contributed by atoms with E-state index in [0.717, 1.165) is 5.56 Å². The molecule has 1 fully saturated rings. The van der Waals surface area contributed by atoms with Crippen LogP contribution < -0.4 is 5.32 Å². The molecular formula is C12H12F3NO2. The van der Waals surface area contributed by atoms with Gasteiger partial charge in [-0.1, -0.05) is 30.3 Å². The molecule has 0 unspecified atom stereocenters. The zero-order valence-corrected chi connectivity index (χ0v) is 9.46. The maximum atomic E-state index is 12.5. The molecule has 1 aliphatic rings. The number of ether oxygens (including phenoxy) is 1. The third-order valence-electron chi connectivity index (χ3n) is 2.85. The number of benzene rings is 1. The van der Waals surface area contributed by atoms with Gasteiger partial charge in [-0.15, -0.1) is 0 Å². The van der Waals surface area contributed by atoms with Gasteiger partial charge >= 0.3 is 12.3 Å². The normalized spacial score (nSPS) is 17.1. The number of hydrogen-bond acceptors (Lipinski definition) is 2. The van der Waals surface area contributed by atoms with Crippen molar-refractivity contribution < 1.29 is 22.7 Å². The molecule has 0 spiro atoms. The molecule has 1 saturated carbocycles. The van der Waals surface area contributed by atoms with Crippen molar-refractivity contribution in [2.24, 2.45) is 0 Å². The van der Waals surface area contributed by atoms with Crippen LogP contribution in [0.25, 0.3) is 0 Å². The minimum absolute atomic E-state index is 0.0411. The molecule has 0 aromatic heterocycles. The second-order valence-electron chi connectivity index (χ2n) is 4.27. The zero-order chi connectivity index (χ0) is 13.2. The summed E-state index contributed by atoms with van der Waals surface area (Å²) in [6.07, 6.45) is -5.62. The summed E-state index contributed by atoms with van der Waals surface area (Å²) < 4.78 is 42.4. The molecule has 0 bridgehead atoms. The quantitative estimate of drug-likeness (QED) is 0.906. The van der Waals surface area contributed by atoms with Gasteiger partial charge in [-0.05, 0) is 18.4 Å². The number of nitrogens with one attached hydrogen (secondary N) is 1. The van der Waals surface area contributed by atoms with E-state index in [-0.39, 0.29) is 19.4 Å². The second kappa shape index (κ2) is 4.51. The van der Waals surface area contributed by atoms with Crippen molar-refractivity contribution in [2.45, 2.75) is 31.2 Å². The van der Waals surface area contributed by atoms with Crippen LogP contribution in [0.1, 0.15) is 18.4 Å². The Balaban J connectivity index is 1.84. The van der Waals surface area contributed by atoms with Gasteiger partial charge in [0.2, 0.25) is 0 Å². The number of alkyl carbamates (subject to hydrolysis) is 1. The molecular weight excluding hydrogens is 247 g/mol. The number of amides is 1. The third-order valence-corrected chi connectivity index (χ3v) is 2.85. The fourth-order valence-corrected chi connectivity index (χ4v) is 1.56. The van der Waals surface area contributed by atoms with Crippen molar-refractivity contribution in [3.63, 3.8) is 0 Å². The molecule has 2 rings (SSSR count). The summed E-state index contributed by atoms with van der Waals surface area (Å²) in [7, 11) is 0. The van der Waals surface area contributed by atoms with E-state index in [9.17, 15) is 18.0 Å². The minimum Gasteiger partial charge on any atom is -0.445 e. The maximum absolute atomic E-state index is 12.5. The first-order valence-corrected chi connectivity index (χ1v) is 5.49. The highest BCUT2D eigenvalue weighted by atomic mass is 19.4. The van der Waals surface area contributed by atoms with Crippen molar-refractivity contribution in [1.82, 2.24) is 5.32 Å². The maximum Gasteiger partial charge on any atom is 0.411 e. The third kappa shape index (κ3) is 2.75. The van der Waals surface area contributed by atoms with Gasteiger partial charge in [0.15, 0.2) is 0 Å². The number of rotatable bonds is 3. The van der Waals surface area contributed by atoms with Crippen molar-refractivity contribution >= 4 is 6.09 Å². The van der Waals surface area contributed by atoms with Gasteiger partial charge in [0.05, 0.1) is 0 Å². The van der Waals surface area contributed by atoms with Gasteiger partial charge in [0, 0.05) is 0 Å². The Kier molecular flexibility index (Phi) is 3.19. The van der Waals surface area contributed by atoms with E-state index in [4.69, 9.17) is 4.74 Å². The Morgan fingerprint density at radius 1 is 1.28 bits per heavy atom. The Morgan fingerprint density at radius 2 is 1.89 bits per heavy atom. The van der Waals surface area contributed by atoms with Crippen LogP contribution in [0.4, 0.5) is 18.0 Å². The highest BCUT2D eigenvalue weighted by Crippen LogP contribution is 2.48. The van der Waals surface area contributed by atoms with E-state index >= 15 is 0 Å². The van der Waals surface area contributed by atoms with Gasteiger partial charge in [0.1, 0.15) is 12.1 Å². The van der Waals surface area contributed by atoms with Crippen molar-refractivity contribution in [3.8, 4) is 0 Å². The van der Waals surface area contributed by atoms with Crippen molar-refractivity contribution in [2.75, 3.05) is 0 Å². The fourth-order valence-electron chi connectivity index (χ4n) is 1.56.